The lowest BCUT2D eigenvalue weighted by Gasteiger charge is -2.42. The number of ether oxygens (including phenoxy) is 2. The summed E-state index contributed by atoms with van der Waals surface area (Å²) in [5.41, 5.74) is -0.502. The number of benzene rings is 1. The zero-order valence-electron chi connectivity index (χ0n) is 69.3. The number of nitrogens with one attached hydrogen (secondary N) is 4. The Morgan fingerprint density at radius 1 is 0.586 bits per heavy atom. The van der Waals surface area contributed by atoms with E-state index in [2.05, 4.69) is 21.3 Å². The number of rotatable bonds is 20. The molecule has 2 saturated heterocycles. The van der Waals surface area contributed by atoms with E-state index in [1.165, 1.54) is 80.8 Å². The van der Waals surface area contributed by atoms with Crippen molar-refractivity contribution in [1.82, 2.24) is 60.5 Å². The number of carbonyl (C=O) groups is 10. The maximum absolute atomic E-state index is 15.9. The van der Waals surface area contributed by atoms with Crippen molar-refractivity contribution in [3.63, 3.8) is 0 Å². The van der Waals surface area contributed by atoms with Gasteiger partial charge in [0.15, 0.2) is 6.10 Å². The van der Waals surface area contributed by atoms with Crippen LogP contribution in [0.4, 0.5) is 13.2 Å². The third kappa shape index (κ3) is 30.4. The Balaban J connectivity index is 2.02. The molecule has 14 atom stereocenters. The van der Waals surface area contributed by atoms with E-state index in [4.69, 9.17) is 21.1 Å². The number of amides is 10. The molecule has 111 heavy (non-hydrogen) atoms. The van der Waals surface area contributed by atoms with Gasteiger partial charge in [0.2, 0.25) is 59.1 Å². The summed E-state index contributed by atoms with van der Waals surface area (Å²) in [4.78, 5) is 161. The number of hydrogen-bond donors (Lipinski definition) is 8. The van der Waals surface area contributed by atoms with Crippen molar-refractivity contribution in [2.24, 2.45) is 29.6 Å². The van der Waals surface area contributed by atoms with E-state index < -0.39 is 182 Å². The minimum atomic E-state index is -5.16. The lowest BCUT2D eigenvalue weighted by Crippen LogP contribution is -2.65. The molecular formula is C79H134ClF3N12O16. The Morgan fingerprint density at radius 3 is 1.62 bits per heavy atom. The van der Waals surface area contributed by atoms with Crippen LogP contribution in [0, 0.1) is 29.6 Å². The molecule has 10 amide bonds. The van der Waals surface area contributed by atoms with Gasteiger partial charge in [0.05, 0.1) is 56.1 Å². The lowest BCUT2D eigenvalue weighted by molar-refractivity contribution is -0.217. The van der Waals surface area contributed by atoms with E-state index in [0.717, 1.165) is 35.5 Å². The highest BCUT2D eigenvalue weighted by atomic mass is 35.5. The fourth-order valence-corrected chi connectivity index (χ4v) is 14.8. The molecule has 0 spiro atoms. The number of aliphatic hydroxyl groups is 4. The van der Waals surface area contributed by atoms with Crippen LogP contribution in [0.1, 0.15) is 191 Å². The molecule has 2 heterocycles. The highest BCUT2D eigenvalue weighted by Crippen LogP contribution is 2.31. The molecule has 3 fully saturated rings. The van der Waals surface area contributed by atoms with Gasteiger partial charge in [-0.2, -0.15) is 13.2 Å². The van der Waals surface area contributed by atoms with Crippen LogP contribution in [0.15, 0.2) is 24.3 Å². The van der Waals surface area contributed by atoms with Crippen molar-refractivity contribution >= 4 is 70.7 Å². The molecule has 32 heteroatoms. The summed E-state index contributed by atoms with van der Waals surface area (Å²) in [6, 6.07) is -7.91. The number of aliphatic hydroxyl groups excluding tert-OH is 4. The molecule has 634 valence electrons. The number of likely N-dealkylation sites (N-methyl/N-ethyl adjacent to an activating group) is 6. The molecule has 0 bridgehead atoms. The second-order valence-electron chi connectivity index (χ2n) is 33.7. The number of likely N-dealkylation sites (tertiary alicyclic amines) is 1. The zero-order chi connectivity index (χ0) is 83.9. The van der Waals surface area contributed by atoms with Gasteiger partial charge in [0, 0.05) is 79.8 Å². The molecule has 4 rings (SSSR count). The van der Waals surface area contributed by atoms with Crippen LogP contribution in [0.5, 0.6) is 0 Å². The van der Waals surface area contributed by atoms with E-state index in [1.807, 2.05) is 41.5 Å². The molecule has 0 radical (unpaired) electrons. The van der Waals surface area contributed by atoms with Gasteiger partial charge in [-0.05, 0) is 140 Å². The van der Waals surface area contributed by atoms with Gasteiger partial charge < -0.3 is 80.1 Å². The second-order valence-corrected chi connectivity index (χ2v) is 34.1. The average Bonchev–Trinajstić information content (AvgIpc) is 0.810. The first-order valence-corrected chi connectivity index (χ1v) is 40.0. The quantitative estimate of drug-likeness (QED) is 0.0819. The Labute approximate surface area is 661 Å². The van der Waals surface area contributed by atoms with Crippen molar-refractivity contribution in [2.75, 3.05) is 88.8 Å². The van der Waals surface area contributed by atoms with Crippen LogP contribution in [0.2, 0.25) is 5.02 Å². The van der Waals surface area contributed by atoms with Gasteiger partial charge in [0.1, 0.15) is 54.7 Å². The summed E-state index contributed by atoms with van der Waals surface area (Å²) in [5, 5.41) is 58.4. The third-order valence-corrected chi connectivity index (χ3v) is 21.6. The van der Waals surface area contributed by atoms with E-state index in [0.29, 0.717) is 44.3 Å². The van der Waals surface area contributed by atoms with Gasteiger partial charge in [0.25, 0.3) is 0 Å². The summed E-state index contributed by atoms with van der Waals surface area (Å²) >= 11 is 6.54. The summed E-state index contributed by atoms with van der Waals surface area (Å²) in [6.07, 6.45) is -7.82. The first-order chi connectivity index (χ1) is 51.7. The Bertz CT molecular complexity index is 3170. The summed E-state index contributed by atoms with van der Waals surface area (Å²) in [5.74, 6) is -8.60. The zero-order valence-corrected chi connectivity index (χ0v) is 70.1. The summed E-state index contributed by atoms with van der Waals surface area (Å²) in [7, 11) is 9.73. The third-order valence-electron chi connectivity index (χ3n) is 21.3. The van der Waals surface area contributed by atoms with Gasteiger partial charge in [-0.1, -0.05) is 111 Å². The largest absolute Gasteiger partial charge is 0.416 e. The predicted octanol–water partition coefficient (Wildman–Crippen LogP) is 5.31. The van der Waals surface area contributed by atoms with E-state index in [1.54, 1.807) is 63.8 Å². The second kappa shape index (κ2) is 45.1. The normalized spacial score (nSPS) is 27.2. The molecule has 3 aliphatic rings. The van der Waals surface area contributed by atoms with Crippen molar-refractivity contribution in [1.29, 1.82) is 0 Å². The Morgan fingerprint density at radius 2 is 1.08 bits per heavy atom. The van der Waals surface area contributed by atoms with Crippen LogP contribution < -0.4 is 21.3 Å². The number of carbonyl (C=O) groups excluding carboxylic acids is 10. The first-order valence-electron chi connectivity index (χ1n) is 39.7. The smallest absolute Gasteiger partial charge is 0.392 e. The summed E-state index contributed by atoms with van der Waals surface area (Å²) < 4.78 is 53.2. The first kappa shape index (κ1) is 97.0. The highest BCUT2D eigenvalue weighted by Gasteiger charge is 2.46. The van der Waals surface area contributed by atoms with E-state index in [-0.39, 0.29) is 92.5 Å². The number of piperidine rings is 1. The minimum absolute atomic E-state index is 0.0124. The lowest BCUT2D eigenvalue weighted by atomic mass is 9.84. The minimum Gasteiger partial charge on any atom is -0.392 e. The van der Waals surface area contributed by atoms with Crippen LogP contribution in [-0.2, 0) is 63.8 Å². The van der Waals surface area contributed by atoms with Crippen molar-refractivity contribution in [2.45, 2.75) is 289 Å². The van der Waals surface area contributed by atoms with Crippen LogP contribution in [-0.4, -0.2) is 304 Å². The van der Waals surface area contributed by atoms with Crippen molar-refractivity contribution in [3.8, 4) is 0 Å². The van der Waals surface area contributed by atoms with Crippen LogP contribution >= 0.6 is 11.6 Å². The monoisotopic (exact) mass is 1600 g/mol. The molecule has 1 aromatic carbocycles. The Hall–Kier alpha value is -6.32. The molecular weight excluding hydrogens is 1470 g/mol. The highest BCUT2D eigenvalue weighted by molar-refractivity contribution is 6.30. The number of nitrogens with zero attached hydrogens (tertiary/aromatic N) is 8. The number of halogens is 4. The van der Waals surface area contributed by atoms with Crippen LogP contribution in [0.25, 0.3) is 0 Å². The predicted molar refractivity (Wildman–Crippen MR) is 415 cm³/mol. The van der Waals surface area contributed by atoms with Gasteiger partial charge >= 0.3 is 6.18 Å². The molecule has 1 saturated carbocycles. The number of alkyl halides is 3. The van der Waals surface area contributed by atoms with Crippen LogP contribution in [0.3, 0.4) is 0 Å². The topological polar surface area (TPSA) is 344 Å². The standard InChI is InChI=1S/C79H134ClF3N12O16/c1-47(2)36-58-68(100)85-56(44-110-46-64(97)79(81,82)83)72(104)93(18)63(42-53-30-26-31-54(80)40-53)76(108)92(17)61(41-52-28-22-20-23-29-52)70(102)86-57(45-111-78(10,11)12)73(105)90(15)60(38-49(5)6)71(103)87-67(51(9)96)77(109)94(19)62(39-50(7)8)75(107)91(16)59(37-48(3)4)69(101)84-55(74(106)95-34-24-21-25-35-95)43-66(99)88(13)33-27-32-65(98)89(58)14/h26,30-31,40,47-52,55-64,67,71,77,87,96-97,103,109H,20-25,27-29,32-39,41-46H2,1-19H3,(H,84,101)(H,85,100)(H,86,102)/t51-,55+,56+,57+,58+,59+,60+,61+,62+,63+,64?,67?,71?,77?/m1/s1. The van der Waals surface area contributed by atoms with Gasteiger partial charge in [-0.15, -0.1) is 0 Å². The maximum Gasteiger partial charge on any atom is 0.416 e. The molecule has 0 aromatic heterocycles. The SMILES string of the molecule is CC(C)C[C@H]1C(=O)N[C@@H](COCC(O)C(F)(F)F)C(=O)N(C)[C@@H](Cc2cccc(Cl)c2)C(=O)N(C)[C@@H](CC2CCCCC2)C(=O)N[C@@H](COC(C)(C)C)C(=O)N(C)[C@@H](CC(C)C)C(O)NC([C@@H](C)O)C(O)N(C)[C@@H](CC(C)C)C(=O)N(C)[C@@H](CC(C)C)C(=O)N[C@H](C(=O)N2CCCCC2)CC(=O)N(C)CCCC(=O)N1C. The average molecular weight is 1600 g/mol. The number of hydrogen-bond acceptors (Lipinski definition) is 18. The van der Waals surface area contributed by atoms with Gasteiger partial charge in [-0.25, -0.2) is 0 Å². The fourth-order valence-electron chi connectivity index (χ4n) is 14.6. The fraction of sp³-hybridized carbons (Fsp3) is 0.797. The van der Waals surface area contributed by atoms with E-state index in [9.17, 15) is 52.8 Å². The maximum atomic E-state index is 15.9. The molecule has 1 aliphatic carbocycles. The molecule has 8 N–H and O–H groups in total. The van der Waals surface area contributed by atoms with Crippen molar-refractivity contribution < 1.29 is 91.0 Å². The molecule has 2 aliphatic heterocycles. The molecule has 28 nitrogen and oxygen atoms in total. The molecule has 4 unspecified atom stereocenters. The summed E-state index contributed by atoms with van der Waals surface area (Å²) in [6.45, 7) is 19.1. The Kier molecular flexibility index (Phi) is 39.4. The molecule has 1 aromatic rings. The van der Waals surface area contributed by atoms with Gasteiger partial charge in [-0.3, -0.25) is 58.2 Å². The van der Waals surface area contributed by atoms with E-state index >= 15 is 28.8 Å². The van der Waals surface area contributed by atoms with Crippen molar-refractivity contribution in [3.05, 3.63) is 34.9 Å².